The van der Waals surface area contributed by atoms with Crippen molar-refractivity contribution in [2.75, 3.05) is 6.54 Å². The highest BCUT2D eigenvalue weighted by atomic mass is 16.5. The molecular formula is C13H14N2O3. The van der Waals surface area contributed by atoms with Gasteiger partial charge in [-0.3, -0.25) is 9.78 Å². The number of esters is 1. The quantitative estimate of drug-likeness (QED) is 0.632. The van der Waals surface area contributed by atoms with Crippen molar-refractivity contribution < 1.29 is 14.3 Å². The van der Waals surface area contributed by atoms with Crippen molar-refractivity contribution in [1.29, 1.82) is 0 Å². The molecule has 5 nitrogen and oxygen atoms in total. The Kier molecular flexibility index (Phi) is 3.25. The normalized spacial score (nSPS) is 15.3. The molecule has 18 heavy (non-hydrogen) atoms. The lowest BCUT2D eigenvalue weighted by molar-refractivity contribution is -0.146. The second kappa shape index (κ2) is 4.70. The fourth-order valence-electron chi connectivity index (χ4n) is 2.02. The summed E-state index contributed by atoms with van der Waals surface area (Å²) < 4.78 is 4.95. The standard InChI is InChI=1S/C13H14N2O3/c1-7-5-9(6-8(2)15-7)11-10(3-4-14)18-13(17)12(11)16/h5-6H,3-4,14H2,1-2H3. The molecule has 0 radical (unpaired) electrons. The second-order valence-electron chi connectivity index (χ2n) is 4.19. The Morgan fingerprint density at radius 1 is 1.22 bits per heavy atom. The molecule has 0 fully saturated rings. The largest absolute Gasteiger partial charge is 0.424 e. The highest BCUT2D eigenvalue weighted by Gasteiger charge is 2.34. The van der Waals surface area contributed by atoms with E-state index in [1.807, 2.05) is 13.8 Å². The van der Waals surface area contributed by atoms with Crippen molar-refractivity contribution in [3.63, 3.8) is 0 Å². The number of cyclic esters (lactones) is 1. The van der Waals surface area contributed by atoms with Gasteiger partial charge in [-0.05, 0) is 38.1 Å². The highest BCUT2D eigenvalue weighted by Crippen LogP contribution is 2.29. The number of aryl methyl sites for hydroxylation is 2. The first kappa shape index (κ1) is 12.4. The monoisotopic (exact) mass is 246 g/mol. The number of pyridine rings is 1. The number of hydrogen-bond donors (Lipinski definition) is 1. The van der Waals surface area contributed by atoms with Crippen LogP contribution in [0.2, 0.25) is 0 Å². The molecule has 0 spiro atoms. The van der Waals surface area contributed by atoms with Gasteiger partial charge in [-0.1, -0.05) is 0 Å². The Hall–Kier alpha value is -2.01. The smallest absolute Gasteiger partial charge is 0.384 e. The van der Waals surface area contributed by atoms with Gasteiger partial charge in [0.25, 0.3) is 5.78 Å². The molecule has 1 aromatic heterocycles. The van der Waals surface area contributed by atoms with Gasteiger partial charge in [-0.15, -0.1) is 0 Å². The second-order valence-corrected chi connectivity index (χ2v) is 4.19. The summed E-state index contributed by atoms with van der Waals surface area (Å²) in [4.78, 5) is 27.4. The number of carbonyl (C=O) groups excluding carboxylic acids is 2. The van der Waals surface area contributed by atoms with Crippen LogP contribution >= 0.6 is 0 Å². The summed E-state index contributed by atoms with van der Waals surface area (Å²) in [6, 6.07) is 3.53. The Morgan fingerprint density at radius 2 is 1.83 bits per heavy atom. The molecule has 2 N–H and O–H groups in total. The predicted molar refractivity (Wildman–Crippen MR) is 65.4 cm³/mol. The zero-order valence-electron chi connectivity index (χ0n) is 10.3. The summed E-state index contributed by atoms with van der Waals surface area (Å²) in [5.41, 5.74) is 8.01. The average molecular weight is 246 g/mol. The van der Waals surface area contributed by atoms with E-state index in [4.69, 9.17) is 10.5 Å². The Balaban J connectivity index is 2.54. The van der Waals surface area contributed by atoms with E-state index in [0.717, 1.165) is 11.4 Å². The Labute approximate surface area is 105 Å². The van der Waals surface area contributed by atoms with Crippen LogP contribution in [0.1, 0.15) is 23.4 Å². The molecule has 0 atom stereocenters. The zero-order valence-corrected chi connectivity index (χ0v) is 10.3. The van der Waals surface area contributed by atoms with Crippen LogP contribution in [-0.2, 0) is 14.3 Å². The first-order valence-electron chi connectivity index (χ1n) is 5.68. The van der Waals surface area contributed by atoms with Crippen LogP contribution in [0, 0.1) is 13.8 Å². The predicted octanol–water partition coefficient (Wildman–Crippen LogP) is 0.884. The third-order valence-corrected chi connectivity index (χ3v) is 2.65. The maximum absolute atomic E-state index is 11.8. The maximum atomic E-state index is 11.8. The van der Waals surface area contributed by atoms with E-state index in [1.165, 1.54) is 0 Å². The van der Waals surface area contributed by atoms with E-state index in [-0.39, 0.29) is 0 Å². The minimum Gasteiger partial charge on any atom is -0.424 e. The number of ketones is 1. The van der Waals surface area contributed by atoms with Crippen LogP contribution in [0.4, 0.5) is 0 Å². The van der Waals surface area contributed by atoms with Crippen LogP contribution in [0.3, 0.4) is 0 Å². The number of rotatable bonds is 3. The Bertz CT molecular complexity index is 541. The van der Waals surface area contributed by atoms with Crippen molar-refractivity contribution in [2.24, 2.45) is 5.73 Å². The maximum Gasteiger partial charge on any atom is 0.384 e. The number of Topliss-reactive ketones (excluding diaryl/α,β-unsaturated/α-hetero) is 1. The third-order valence-electron chi connectivity index (χ3n) is 2.65. The van der Waals surface area contributed by atoms with Gasteiger partial charge in [0.05, 0.1) is 5.57 Å². The van der Waals surface area contributed by atoms with Crippen molar-refractivity contribution in [1.82, 2.24) is 4.98 Å². The van der Waals surface area contributed by atoms with Gasteiger partial charge < -0.3 is 10.5 Å². The van der Waals surface area contributed by atoms with E-state index >= 15 is 0 Å². The Morgan fingerprint density at radius 3 is 2.39 bits per heavy atom. The number of carbonyl (C=O) groups is 2. The number of nitrogens with two attached hydrogens (primary N) is 1. The van der Waals surface area contributed by atoms with E-state index in [1.54, 1.807) is 12.1 Å². The molecule has 2 rings (SSSR count). The van der Waals surface area contributed by atoms with Crippen LogP contribution in [0.5, 0.6) is 0 Å². The summed E-state index contributed by atoms with van der Waals surface area (Å²) in [5, 5.41) is 0. The van der Waals surface area contributed by atoms with Crippen molar-refractivity contribution in [3.8, 4) is 0 Å². The number of nitrogens with zero attached hydrogens (tertiary/aromatic N) is 1. The summed E-state index contributed by atoms with van der Waals surface area (Å²) in [7, 11) is 0. The summed E-state index contributed by atoms with van der Waals surface area (Å²) in [6.07, 6.45) is 0.368. The van der Waals surface area contributed by atoms with E-state index < -0.39 is 11.8 Å². The topological polar surface area (TPSA) is 82.3 Å². The fourth-order valence-corrected chi connectivity index (χ4v) is 2.02. The SMILES string of the molecule is Cc1cc(C2=C(CCN)OC(=O)C2=O)cc(C)n1. The first-order chi connectivity index (χ1) is 8.52. The molecule has 94 valence electrons. The lowest BCUT2D eigenvalue weighted by Crippen LogP contribution is -2.09. The molecule has 0 aromatic carbocycles. The zero-order chi connectivity index (χ0) is 13.3. The minimum atomic E-state index is -0.833. The highest BCUT2D eigenvalue weighted by molar-refractivity contribution is 6.54. The molecule has 1 aliphatic heterocycles. The molecule has 1 aromatic rings. The first-order valence-corrected chi connectivity index (χ1v) is 5.68. The molecule has 0 bridgehead atoms. The van der Waals surface area contributed by atoms with Crippen molar-refractivity contribution in [3.05, 3.63) is 34.8 Å². The van der Waals surface area contributed by atoms with Crippen molar-refractivity contribution in [2.45, 2.75) is 20.3 Å². The van der Waals surface area contributed by atoms with Gasteiger partial charge in [0.1, 0.15) is 5.76 Å². The van der Waals surface area contributed by atoms with Crippen molar-refractivity contribution >= 4 is 17.3 Å². The molecule has 5 heteroatoms. The van der Waals surface area contributed by atoms with E-state index in [9.17, 15) is 9.59 Å². The molecular weight excluding hydrogens is 232 g/mol. The van der Waals surface area contributed by atoms with E-state index in [0.29, 0.717) is 29.9 Å². The minimum absolute atomic E-state index is 0.319. The van der Waals surface area contributed by atoms with Crippen LogP contribution in [0.15, 0.2) is 17.9 Å². The van der Waals surface area contributed by atoms with Gasteiger partial charge in [0.15, 0.2) is 0 Å². The van der Waals surface area contributed by atoms with Crippen LogP contribution < -0.4 is 5.73 Å². The third kappa shape index (κ3) is 2.17. The number of hydrogen-bond acceptors (Lipinski definition) is 5. The van der Waals surface area contributed by atoms with Crippen LogP contribution in [-0.4, -0.2) is 23.3 Å². The van der Waals surface area contributed by atoms with Gasteiger partial charge in [-0.25, -0.2) is 4.79 Å². The summed E-state index contributed by atoms with van der Waals surface area (Å²) in [5.74, 6) is -1.08. The summed E-state index contributed by atoms with van der Waals surface area (Å²) >= 11 is 0. The van der Waals surface area contributed by atoms with Gasteiger partial charge in [0.2, 0.25) is 0 Å². The fraction of sp³-hybridized carbons (Fsp3) is 0.308. The summed E-state index contributed by atoms with van der Waals surface area (Å²) in [6.45, 7) is 3.99. The van der Waals surface area contributed by atoms with Gasteiger partial charge in [0, 0.05) is 17.8 Å². The molecule has 0 unspecified atom stereocenters. The van der Waals surface area contributed by atoms with E-state index in [2.05, 4.69) is 4.98 Å². The lowest BCUT2D eigenvalue weighted by atomic mass is 10.0. The average Bonchev–Trinajstić information content (AvgIpc) is 2.54. The van der Waals surface area contributed by atoms with Gasteiger partial charge in [-0.2, -0.15) is 0 Å². The molecule has 0 saturated carbocycles. The molecule has 0 aliphatic carbocycles. The number of aromatic nitrogens is 1. The molecule has 1 aliphatic rings. The molecule has 2 heterocycles. The molecule has 0 saturated heterocycles. The molecule has 0 amide bonds. The lowest BCUT2D eigenvalue weighted by Gasteiger charge is -2.05. The number of ether oxygens (including phenoxy) is 1. The van der Waals surface area contributed by atoms with Gasteiger partial charge >= 0.3 is 5.97 Å². The van der Waals surface area contributed by atoms with Crippen LogP contribution in [0.25, 0.3) is 5.57 Å².